The summed E-state index contributed by atoms with van der Waals surface area (Å²) in [7, 11) is 0. The predicted octanol–water partition coefficient (Wildman–Crippen LogP) is 4.55. The summed E-state index contributed by atoms with van der Waals surface area (Å²) in [6.45, 7) is 7.35. The van der Waals surface area contributed by atoms with Gasteiger partial charge in [0.15, 0.2) is 17.3 Å². The van der Waals surface area contributed by atoms with Crippen LogP contribution in [0.4, 0.5) is 18.9 Å². The predicted molar refractivity (Wildman–Crippen MR) is 107 cm³/mol. The summed E-state index contributed by atoms with van der Waals surface area (Å²) < 4.78 is 38.6. The van der Waals surface area contributed by atoms with E-state index in [9.17, 15) is 37.5 Å². The van der Waals surface area contributed by atoms with Gasteiger partial charge in [0, 0.05) is 30.5 Å². The van der Waals surface area contributed by atoms with Crippen molar-refractivity contribution >= 4 is 28.9 Å². The minimum absolute atomic E-state index is 0.0422. The number of hydrogen-bond acceptors (Lipinski definition) is 5. The Balaban J connectivity index is 2.70. The normalized spacial score (nSPS) is 17.0. The highest BCUT2D eigenvalue weighted by Gasteiger charge is 2.40. The molecule has 1 aliphatic rings. The first-order valence-corrected chi connectivity index (χ1v) is 9.73. The van der Waals surface area contributed by atoms with E-state index < -0.39 is 35.4 Å². The van der Waals surface area contributed by atoms with Crippen molar-refractivity contribution in [2.75, 3.05) is 5.32 Å². The van der Waals surface area contributed by atoms with Gasteiger partial charge < -0.3 is 10.4 Å². The maximum Gasteiger partial charge on any atom is 0.471 e. The fourth-order valence-electron chi connectivity index (χ4n) is 4.34. The first-order chi connectivity index (χ1) is 14.2. The first-order valence-electron chi connectivity index (χ1n) is 9.73. The average Bonchev–Trinajstić information content (AvgIpc) is 2.63. The number of halogens is 3. The molecule has 31 heavy (non-hydrogen) atoms. The fraction of sp³-hybridized carbons (Fsp3) is 0.455. The summed E-state index contributed by atoms with van der Waals surface area (Å²) in [5.74, 6) is -4.69. The molecular weight excluding hydrogens is 415 g/mol. The van der Waals surface area contributed by atoms with Crippen molar-refractivity contribution in [2.45, 2.75) is 66.0 Å². The van der Waals surface area contributed by atoms with Crippen molar-refractivity contribution < 1.29 is 37.5 Å². The lowest BCUT2D eigenvalue weighted by Crippen LogP contribution is -2.31. The number of amides is 1. The van der Waals surface area contributed by atoms with E-state index in [4.69, 9.17) is 0 Å². The Bertz CT molecular complexity index is 1020. The van der Waals surface area contributed by atoms with E-state index >= 15 is 0 Å². The molecule has 1 aromatic carbocycles. The van der Waals surface area contributed by atoms with Crippen LogP contribution in [0.3, 0.4) is 0 Å². The van der Waals surface area contributed by atoms with Crippen molar-refractivity contribution in [3.05, 3.63) is 39.1 Å². The molecule has 2 N–H and O–H groups in total. The molecule has 0 aromatic heterocycles. The Kier molecular flexibility index (Phi) is 6.78. The third-order valence-electron chi connectivity index (χ3n) is 5.60. The van der Waals surface area contributed by atoms with Gasteiger partial charge in [-0.05, 0) is 55.9 Å². The van der Waals surface area contributed by atoms with Crippen molar-refractivity contribution in [1.29, 1.82) is 0 Å². The van der Waals surface area contributed by atoms with Gasteiger partial charge in [-0.3, -0.25) is 19.2 Å². The zero-order valence-electron chi connectivity index (χ0n) is 17.9. The average molecular weight is 439 g/mol. The third kappa shape index (κ3) is 4.55. The van der Waals surface area contributed by atoms with E-state index in [1.807, 2.05) is 5.32 Å². The van der Waals surface area contributed by atoms with Crippen LogP contribution in [0.1, 0.15) is 71.6 Å². The SMILES string of the molecule is CCC(=O)C1=C(O)CC(c2c(C)c(NC(=O)C(F)(F)F)c(C)c(C(C)=O)c2C)CC1=O. The summed E-state index contributed by atoms with van der Waals surface area (Å²) >= 11 is 0. The minimum atomic E-state index is -5.13. The molecule has 0 heterocycles. The molecule has 0 aliphatic heterocycles. The molecule has 1 amide bonds. The third-order valence-corrected chi connectivity index (χ3v) is 5.60. The van der Waals surface area contributed by atoms with E-state index in [0.29, 0.717) is 11.1 Å². The highest BCUT2D eigenvalue weighted by molar-refractivity contribution is 6.21. The molecule has 1 aliphatic carbocycles. The van der Waals surface area contributed by atoms with E-state index in [1.54, 1.807) is 13.8 Å². The van der Waals surface area contributed by atoms with Crippen LogP contribution in [0.5, 0.6) is 0 Å². The van der Waals surface area contributed by atoms with E-state index in [0.717, 1.165) is 0 Å². The lowest BCUT2D eigenvalue weighted by atomic mass is 9.76. The monoisotopic (exact) mass is 439 g/mol. The lowest BCUT2D eigenvalue weighted by molar-refractivity contribution is -0.167. The van der Waals surface area contributed by atoms with Crippen LogP contribution in [0.2, 0.25) is 0 Å². The number of carbonyl (C=O) groups is 4. The molecule has 0 bridgehead atoms. The molecule has 168 valence electrons. The number of alkyl halides is 3. The Labute approximate surface area is 177 Å². The number of anilines is 1. The molecule has 0 saturated carbocycles. The number of carbonyl (C=O) groups excluding carboxylic acids is 4. The number of allylic oxidation sites excluding steroid dienone is 2. The van der Waals surface area contributed by atoms with Crippen LogP contribution in [0.15, 0.2) is 11.3 Å². The van der Waals surface area contributed by atoms with Crippen LogP contribution in [-0.2, 0) is 14.4 Å². The van der Waals surface area contributed by atoms with Gasteiger partial charge >= 0.3 is 12.1 Å². The number of ketones is 3. The second kappa shape index (κ2) is 8.64. The molecule has 1 aromatic rings. The Hall–Kier alpha value is -2.97. The number of nitrogens with one attached hydrogen (secondary N) is 1. The molecular formula is C22H24F3NO5. The molecule has 6 nitrogen and oxygen atoms in total. The molecule has 0 radical (unpaired) electrons. The number of aliphatic hydroxyl groups is 1. The summed E-state index contributed by atoms with van der Waals surface area (Å²) in [5, 5.41) is 12.2. The maximum atomic E-state index is 12.9. The van der Waals surface area contributed by atoms with Crippen molar-refractivity contribution in [3.63, 3.8) is 0 Å². The van der Waals surface area contributed by atoms with Crippen molar-refractivity contribution in [1.82, 2.24) is 0 Å². The van der Waals surface area contributed by atoms with E-state index in [2.05, 4.69) is 0 Å². The zero-order chi connectivity index (χ0) is 23.8. The van der Waals surface area contributed by atoms with Crippen molar-refractivity contribution in [3.8, 4) is 0 Å². The largest absolute Gasteiger partial charge is 0.511 e. The summed E-state index contributed by atoms with van der Waals surface area (Å²) in [6.07, 6.45) is -5.32. The number of benzene rings is 1. The smallest absolute Gasteiger partial charge is 0.471 e. The summed E-state index contributed by atoms with van der Waals surface area (Å²) in [5.41, 5.74) is 1.06. The molecule has 1 unspecified atom stereocenters. The van der Waals surface area contributed by atoms with E-state index in [1.165, 1.54) is 20.8 Å². The van der Waals surface area contributed by atoms with Crippen LogP contribution < -0.4 is 5.32 Å². The van der Waals surface area contributed by atoms with Gasteiger partial charge in [0.2, 0.25) is 0 Å². The molecule has 1 atom stereocenters. The quantitative estimate of drug-likeness (QED) is 0.518. The first kappa shape index (κ1) is 24.3. The fourth-order valence-corrected chi connectivity index (χ4v) is 4.34. The van der Waals surface area contributed by atoms with E-state index in [-0.39, 0.29) is 53.0 Å². The zero-order valence-corrected chi connectivity index (χ0v) is 17.9. The van der Waals surface area contributed by atoms with Crippen molar-refractivity contribution in [2.24, 2.45) is 0 Å². The van der Waals surface area contributed by atoms with Gasteiger partial charge in [-0.15, -0.1) is 0 Å². The van der Waals surface area contributed by atoms with Gasteiger partial charge in [-0.25, -0.2) is 0 Å². The van der Waals surface area contributed by atoms with Crippen LogP contribution in [0.25, 0.3) is 0 Å². The number of Topliss-reactive ketones (excluding diaryl/α,β-unsaturated/α-hetero) is 3. The lowest BCUT2D eigenvalue weighted by Gasteiger charge is -2.29. The van der Waals surface area contributed by atoms with Crippen LogP contribution >= 0.6 is 0 Å². The van der Waals surface area contributed by atoms with Crippen LogP contribution in [-0.4, -0.2) is 34.5 Å². The number of aliphatic hydroxyl groups excluding tert-OH is 1. The maximum absolute atomic E-state index is 12.9. The Morgan fingerprint density at radius 2 is 1.65 bits per heavy atom. The summed E-state index contributed by atoms with van der Waals surface area (Å²) in [6, 6.07) is 0. The Morgan fingerprint density at radius 1 is 1.06 bits per heavy atom. The molecule has 2 rings (SSSR count). The van der Waals surface area contributed by atoms with Gasteiger partial charge in [-0.2, -0.15) is 13.2 Å². The number of rotatable bonds is 5. The topological polar surface area (TPSA) is 101 Å². The molecule has 0 fully saturated rings. The van der Waals surface area contributed by atoms with Gasteiger partial charge in [0.1, 0.15) is 5.76 Å². The molecule has 9 heteroatoms. The van der Waals surface area contributed by atoms with Gasteiger partial charge in [0.05, 0.1) is 5.57 Å². The summed E-state index contributed by atoms with van der Waals surface area (Å²) in [4.78, 5) is 48.4. The second-order valence-corrected chi connectivity index (χ2v) is 7.67. The second-order valence-electron chi connectivity index (χ2n) is 7.67. The minimum Gasteiger partial charge on any atom is -0.511 e. The van der Waals surface area contributed by atoms with Gasteiger partial charge in [-0.1, -0.05) is 6.92 Å². The molecule has 0 saturated heterocycles. The standard InChI is InChI=1S/C22H24F3NO5/c1-6-14(28)19-15(29)7-13(8-16(19)30)18-9(2)17(12(5)27)10(3)20(11(18)4)26-21(31)22(23,24)25/h13,29H,6-8H2,1-5H3,(H,26,31). The van der Waals surface area contributed by atoms with Crippen LogP contribution in [0, 0.1) is 20.8 Å². The highest BCUT2D eigenvalue weighted by Crippen LogP contribution is 2.42. The van der Waals surface area contributed by atoms with Gasteiger partial charge in [0.25, 0.3) is 0 Å². The molecule has 0 spiro atoms. The number of hydrogen-bond donors (Lipinski definition) is 2. The Morgan fingerprint density at radius 3 is 2.10 bits per heavy atom. The highest BCUT2D eigenvalue weighted by atomic mass is 19.4.